The minimum absolute atomic E-state index is 0.0323. The zero-order valence-corrected chi connectivity index (χ0v) is 20.9. The number of aryl methyl sites for hydroxylation is 1. The van der Waals surface area contributed by atoms with E-state index in [0.29, 0.717) is 29.5 Å². The van der Waals surface area contributed by atoms with Crippen LogP contribution >= 0.6 is 0 Å². The molecule has 0 spiro atoms. The molecule has 1 saturated heterocycles. The molecular weight excluding hydrogens is 513 g/mol. The van der Waals surface area contributed by atoms with Crippen molar-refractivity contribution >= 4 is 11.9 Å². The van der Waals surface area contributed by atoms with Gasteiger partial charge < -0.3 is 19.2 Å². The number of aliphatic carboxylic acids is 1. The molecule has 1 fully saturated rings. The van der Waals surface area contributed by atoms with Gasteiger partial charge in [-0.25, -0.2) is 15.0 Å². The van der Waals surface area contributed by atoms with Gasteiger partial charge in [0.05, 0.1) is 5.92 Å². The Morgan fingerprint density at radius 1 is 1.08 bits per heavy atom. The van der Waals surface area contributed by atoms with Crippen LogP contribution in [0, 0.1) is 18.8 Å². The van der Waals surface area contributed by atoms with Crippen LogP contribution in [0.2, 0.25) is 0 Å². The maximum absolute atomic E-state index is 13.1. The van der Waals surface area contributed by atoms with E-state index in [0.717, 1.165) is 23.4 Å². The highest BCUT2D eigenvalue weighted by Gasteiger charge is 2.40. The first-order valence-corrected chi connectivity index (χ1v) is 12.3. The van der Waals surface area contributed by atoms with Gasteiger partial charge in [0.15, 0.2) is 0 Å². The van der Waals surface area contributed by atoms with Crippen LogP contribution in [0.25, 0.3) is 11.5 Å². The van der Waals surface area contributed by atoms with E-state index in [1.807, 2.05) is 49.4 Å². The number of oxazole rings is 1. The highest BCUT2D eigenvalue weighted by Crippen LogP contribution is 2.32. The Morgan fingerprint density at radius 3 is 2.51 bits per heavy atom. The van der Waals surface area contributed by atoms with Gasteiger partial charge in [-0.05, 0) is 55.2 Å². The van der Waals surface area contributed by atoms with Gasteiger partial charge in [-0.3, -0.25) is 4.79 Å². The van der Waals surface area contributed by atoms with Crippen molar-refractivity contribution in [3.05, 3.63) is 89.6 Å². The van der Waals surface area contributed by atoms with Crippen LogP contribution in [0.15, 0.2) is 71.3 Å². The lowest BCUT2D eigenvalue weighted by atomic mass is 9.90. The topological polar surface area (TPSA) is 102 Å². The van der Waals surface area contributed by atoms with Crippen molar-refractivity contribution < 1.29 is 32.2 Å². The van der Waals surface area contributed by atoms with E-state index >= 15 is 0 Å². The number of aromatic nitrogens is 3. The molecule has 1 aliphatic rings. The van der Waals surface area contributed by atoms with Gasteiger partial charge in [-0.2, -0.15) is 13.2 Å². The van der Waals surface area contributed by atoms with Gasteiger partial charge >= 0.3 is 12.1 Å². The Hall–Kier alpha value is -4.41. The van der Waals surface area contributed by atoms with Gasteiger partial charge in [0.1, 0.15) is 29.5 Å². The minimum atomic E-state index is -4.61. The lowest BCUT2D eigenvalue weighted by Crippen LogP contribution is -2.25. The van der Waals surface area contributed by atoms with Crippen LogP contribution in [-0.2, 0) is 24.0 Å². The average Bonchev–Trinajstić information content (AvgIpc) is 3.52. The molecule has 39 heavy (non-hydrogen) atoms. The number of ether oxygens (including phenoxy) is 1. The van der Waals surface area contributed by atoms with E-state index < -0.39 is 23.8 Å². The van der Waals surface area contributed by atoms with Crippen molar-refractivity contribution in [2.24, 2.45) is 11.8 Å². The van der Waals surface area contributed by atoms with Gasteiger partial charge in [-0.1, -0.05) is 30.3 Å². The van der Waals surface area contributed by atoms with E-state index in [-0.39, 0.29) is 31.6 Å². The third-order valence-electron chi connectivity index (χ3n) is 6.68. The SMILES string of the molecule is Cc1oc(-c2ccccc2)nc1COc1ccc(C[C@@H]2CN(c3nccc(C(F)(F)F)n3)C[C@H]2C(=O)O)cc1. The second-order valence-corrected chi connectivity index (χ2v) is 9.37. The first-order chi connectivity index (χ1) is 18.7. The second kappa shape index (κ2) is 10.8. The number of hydrogen-bond donors (Lipinski definition) is 1. The number of nitrogens with zero attached hydrogens (tertiary/aromatic N) is 4. The summed E-state index contributed by atoms with van der Waals surface area (Å²) in [6.45, 7) is 2.31. The van der Waals surface area contributed by atoms with Crippen molar-refractivity contribution in [3.63, 3.8) is 0 Å². The van der Waals surface area contributed by atoms with E-state index in [2.05, 4.69) is 15.0 Å². The van der Waals surface area contributed by atoms with Crippen LogP contribution in [-0.4, -0.2) is 39.1 Å². The summed E-state index contributed by atoms with van der Waals surface area (Å²) in [6.07, 6.45) is -3.14. The quantitative estimate of drug-likeness (QED) is 0.318. The molecule has 0 unspecified atom stereocenters. The molecule has 2 aromatic heterocycles. The summed E-state index contributed by atoms with van der Waals surface area (Å²) in [7, 11) is 0. The van der Waals surface area contributed by atoms with Gasteiger partial charge in [-0.15, -0.1) is 0 Å². The third kappa shape index (κ3) is 6.02. The zero-order chi connectivity index (χ0) is 27.6. The fourth-order valence-corrected chi connectivity index (χ4v) is 4.62. The highest BCUT2D eigenvalue weighted by molar-refractivity contribution is 5.72. The summed E-state index contributed by atoms with van der Waals surface area (Å²) in [6, 6.07) is 17.7. The number of hydrogen-bond acceptors (Lipinski definition) is 7. The molecule has 5 rings (SSSR count). The molecular formula is C28H25F3N4O4. The zero-order valence-electron chi connectivity index (χ0n) is 20.9. The maximum atomic E-state index is 13.1. The Labute approximate surface area is 222 Å². The molecule has 2 aromatic carbocycles. The molecule has 0 bridgehead atoms. The maximum Gasteiger partial charge on any atom is 0.433 e. The first kappa shape index (κ1) is 26.2. The molecule has 0 saturated carbocycles. The second-order valence-electron chi connectivity index (χ2n) is 9.37. The molecule has 202 valence electrons. The predicted octanol–water partition coefficient (Wildman–Crippen LogP) is 5.42. The summed E-state index contributed by atoms with van der Waals surface area (Å²) in [5, 5.41) is 9.75. The Morgan fingerprint density at radius 2 is 1.82 bits per heavy atom. The molecule has 8 nitrogen and oxygen atoms in total. The Kier molecular flexibility index (Phi) is 7.23. The highest BCUT2D eigenvalue weighted by atomic mass is 19.4. The standard InChI is InChI=1S/C28H25F3N4O4/c1-17-23(33-25(39-17)19-5-3-2-4-6-19)16-38-21-9-7-18(8-10-21)13-20-14-35(15-22(20)26(36)37)27-32-12-11-24(34-27)28(29,30)31/h2-12,20,22H,13-16H2,1H3,(H,36,37)/t20-,22-/m1/s1. The molecule has 1 aliphatic heterocycles. The van der Waals surface area contributed by atoms with Crippen LogP contribution < -0.4 is 9.64 Å². The number of carboxylic acids is 1. The van der Waals surface area contributed by atoms with Crippen LogP contribution in [0.3, 0.4) is 0 Å². The largest absolute Gasteiger partial charge is 0.487 e. The minimum Gasteiger partial charge on any atom is -0.487 e. The van der Waals surface area contributed by atoms with Gasteiger partial charge in [0, 0.05) is 24.8 Å². The summed E-state index contributed by atoms with van der Waals surface area (Å²) in [4.78, 5) is 25.5. The summed E-state index contributed by atoms with van der Waals surface area (Å²) >= 11 is 0. The monoisotopic (exact) mass is 538 g/mol. The normalized spacial score (nSPS) is 17.4. The Bertz CT molecular complexity index is 1440. The Balaban J connectivity index is 1.22. The molecule has 1 N–H and O–H groups in total. The molecule has 3 heterocycles. The molecule has 0 aliphatic carbocycles. The third-order valence-corrected chi connectivity index (χ3v) is 6.68. The van der Waals surface area contributed by atoms with Crippen molar-refractivity contribution in [1.29, 1.82) is 0 Å². The summed E-state index contributed by atoms with van der Waals surface area (Å²) in [5.41, 5.74) is 1.39. The number of carbonyl (C=O) groups is 1. The summed E-state index contributed by atoms with van der Waals surface area (Å²) in [5.74, 6) is -0.428. The van der Waals surface area contributed by atoms with Gasteiger partial charge in [0.2, 0.25) is 11.8 Å². The average molecular weight is 539 g/mol. The lowest BCUT2D eigenvalue weighted by molar-refractivity contribution is -0.142. The molecule has 11 heteroatoms. The van der Waals surface area contributed by atoms with Crippen molar-refractivity contribution in [3.8, 4) is 17.2 Å². The number of alkyl halides is 3. The number of rotatable bonds is 8. The van der Waals surface area contributed by atoms with Crippen LogP contribution in [0.4, 0.5) is 19.1 Å². The van der Waals surface area contributed by atoms with Crippen molar-refractivity contribution in [2.75, 3.05) is 18.0 Å². The number of halogens is 3. The van der Waals surface area contributed by atoms with E-state index in [1.54, 1.807) is 12.1 Å². The van der Waals surface area contributed by atoms with Crippen molar-refractivity contribution in [1.82, 2.24) is 15.0 Å². The van der Waals surface area contributed by atoms with E-state index in [4.69, 9.17) is 9.15 Å². The van der Waals surface area contributed by atoms with Crippen LogP contribution in [0.5, 0.6) is 5.75 Å². The van der Waals surface area contributed by atoms with Gasteiger partial charge in [0.25, 0.3) is 0 Å². The van der Waals surface area contributed by atoms with E-state index in [1.165, 1.54) is 4.90 Å². The predicted molar refractivity (Wildman–Crippen MR) is 135 cm³/mol. The number of carboxylic acid groups (broad SMARTS) is 1. The fraction of sp³-hybridized carbons (Fsp3) is 0.286. The van der Waals surface area contributed by atoms with Crippen LogP contribution in [0.1, 0.15) is 22.7 Å². The summed E-state index contributed by atoms with van der Waals surface area (Å²) < 4.78 is 50.9. The fourth-order valence-electron chi connectivity index (χ4n) is 4.62. The molecule has 0 radical (unpaired) electrons. The van der Waals surface area contributed by atoms with Crippen molar-refractivity contribution in [2.45, 2.75) is 26.1 Å². The molecule has 2 atom stereocenters. The molecule has 0 amide bonds. The first-order valence-electron chi connectivity index (χ1n) is 12.3. The van der Waals surface area contributed by atoms with E-state index in [9.17, 15) is 23.1 Å². The molecule has 4 aromatic rings. The smallest absolute Gasteiger partial charge is 0.433 e. The lowest BCUT2D eigenvalue weighted by Gasteiger charge is -2.17. The number of benzene rings is 2. The number of anilines is 1.